The predicted octanol–water partition coefficient (Wildman–Crippen LogP) is 4.15. The number of nitrogen functional groups attached to an aromatic ring is 1. The molecular formula is C24H19N3O3. The third-order valence-corrected chi connectivity index (χ3v) is 4.86. The summed E-state index contributed by atoms with van der Waals surface area (Å²) in [6.45, 7) is 0. The van der Waals surface area contributed by atoms with Gasteiger partial charge in [0.05, 0.1) is 11.1 Å². The second-order valence-electron chi connectivity index (χ2n) is 6.89. The van der Waals surface area contributed by atoms with Gasteiger partial charge in [-0.2, -0.15) is 0 Å². The summed E-state index contributed by atoms with van der Waals surface area (Å²) in [6, 6.07) is 23.1. The maximum atomic E-state index is 12.8. The molecule has 0 saturated carbocycles. The van der Waals surface area contributed by atoms with E-state index in [2.05, 4.69) is 5.32 Å². The molecule has 0 unspecified atom stereocenters. The molecule has 2 amide bonds. The van der Waals surface area contributed by atoms with E-state index in [1.54, 1.807) is 42.5 Å². The van der Waals surface area contributed by atoms with Crippen molar-refractivity contribution >= 4 is 34.0 Å². The minimum Gasteiger partial charge on any atom is -0.506 e. The van der Waals surface area contributed by atoms with Gasteiger partial charge in [0.2, 0.25) is 0 Å². The number of anilines is 2. The van der Waals surface area contributed by atoms with Crippen molar-refractivity contribution in [3.05, 3.63) is 90.0 Å². The number of benzene rings is 4. The normalized spacial score (nSPS) is 10.7. The highest BCUT2D eigenvalue weighted by molar-refractivity contribution is 6.16. The van der Waals surface area contributed by atoms with Gasteiger partial charge in [0, 0.05) is 11.4 Å². The van der Waals surface area contributed by atoms with Crippen LogP contribution in [0.15, 0.2) is 78.9 Å². The molecule has 0 heterocycles. The van der Waals surface area contributed by atoms with Crippen molar-refractivity contribution < 1.29 is 14.7 Å². The van der Waals surface area contributed by atoms with Crippen LogP contribution in [0.25, 0.3) is 21.9 Å². The zero-order valence-corrected chi connectivity index (χ0v) is 15.9. The SMILES string of the molecule is NC(=O)c1c(O)c(C(=O)Nc2ccccc2)cc2cc(-c3cccc(N)c3)ccc12. The van der Waals surface area contributed by atoms with Crippen molar-refractivity contribution in [3.63, 3.8) is 0 Å². The average molecular weight is 397 g/mol. The summed E-state index contributed by atoms with van der Waals surface area (Å²) in [5.74, 6) is -1.80. The van der Waals surface area contributed by atoms with Crippen LogP contribution in [0.2, 0.25) is 0 Å². The van der Waals surface area contributed by atoms with E-state index < -0.39 is 17.6 Å². The van der Waals surface area contributed by atoms with Crippen LogP contribution in [0.1, 0.15) is 20.7 Å². The fourth-order valence-corrected chi connectivity index (χ4v) is 3.44. The second-order valence-corrected chi connectivity index (χ2v) is 6.89. The van der Waals surface area contributed by atoms with Crippen LogP contribution < -0.4 is 16.8 Å². The van der Waals surface area contributed by atoms with E-state index in [-0.39, 0.29) is 11.1 Å². The average Bonchev–Trinajstić information content (AvgIpc) is 2.73. The second kappa shape index (κ2) is 7.60. The summed E-state index contributed by atoms with van der Waals surface area (Å²) in [5.41, 5.74) is 14.2. The first-order chi connectivity index (χ1) is 14.4. The zero-order chi connectivity index (χ0) is 21.3. The molecule has 0 aromatic heterocycles. The van der Waals surface area contributed by atoms with Gasteiger partial charge in [-0.15, -0.1) is 0 Å². The molecule has 0 aliphatic carbocycles. The predicted molar refractivity (Wildman–Crippen MR) is 118 cm³/mol. The fourth-order valence-electron chi connectivity index (χ4n) is 3.44. The smallest absolute Gasteiger partial charge is 0.259 e. The molecule has 0 aliphatic rings. The largest absolute Gasteiger partial charge is 0.506 e. The topological polar surface area (TPSA) is 118 Å². The van der Waals surface area contributed by atoms with E-state index in [0.717, 1.165) is 11.1 Å². The minimum atomic E-state index is -0.816. The van der Waals surface area contributed by atoms with Crippen molar-refractivity contribution in [2.45, 2.75) is 0 Å². The molecule has 0 saturated heterocycles. The summed E-state index contributed by atoms with van der Waals surface area (Å²) in [4.78, 5) is 24.9. The molecule has 6 nitrogen and oxygen atoms in total. The third kappa shape index (κ3) is 3.54. The molecule has 30 heavy (non-hydrogen) atoms. The first-order valence-corrected chi connectivity index (χ1v) is 9.26. The molecule has 4 aromatic rings. The molecule has 6 heteroatoms. The maximum Gasteiger partial charge on any atom is 0.259 e. The number of primary amides is 1. The molecule has 0 aliphatic heterocycles. The summed E-state index contributed by atoms with van der Waals surface area (Å²) in [7, 11) is 0. The number of nitrogens with one attached hydrogen (secondary N) is 1. The molecule has 4 rings (SSSR count). The standard InChI is InChI=1S/C24H19N3O3/c25-17-6-4-5-14(12-17)15-9-10-19-16(11-15)13-20(22(28)21(19)23(26)29)24(30)27-18-7-2-1-3-8-18/h1-13,28H,25H2,(H2,26,29)(H,27,30). The Balaban J connectivity index is 1.86. The first-order valence-electron chi connectivity index (χ1n) is 9.26. The summed E-state index contributed by atoms with van der Waals surface area (Å²) < 4.78 is 0. The lowest BCUT2D eigenvalue weighted by Gasteiger charge is -2.13. The molecule has 6 N–H and O–H groups in total. The molecule has 0 fully saturated rings. The highest BCUT2D eigenvalue weighted by atomic mass is 16.3. The van der Waals surface area contributed by atoms with E-state index in [1.165, 1.54) is 0 Å². The van der Waals surface area contributed by atoms with Gasteiger partial charge in [0.25, 0.3) is 11.8 Å². The molecule has 0 bridgehead atoms. The summed E-state index contributed by atoms with van der Waals surface area (Å²) in [6.07, 6.45) is 0. The molecule has 0 atom stereocenters. The Morgan fingerprint density at radius 2 is 1.57 bits per heavy atom. The van der Waals surface area contributed by atoms with Gasteiger partial charge >= 0.3 is 0 Å². The van der Waals surface area contributed by atoms with E-state index in [4.69, 9.17) is 11.5 Å². The fraction of sp³-hybridized carbons (Fsp3) is 0. The number of hydrogen-bond acceptors (Lipinski definition) is 4. The highest BCUT2D eigenvalue weighted by Crippen LogP contribution is 2.34. The molecule has 148 valence electrons. The number of fused-ring (bicyclic) bond motifs is 1. The lowest BCUT2D eigenvalue weighted by molar-refractivity contribution is 0.0999. The van der Waals surface area contributed by atoms with Gasteiger partial charge in [0.1, 0.15) is 5.75 Å². The van der Waals surface area contributed by atoms with Crippen molar-refractivity contribution in [3.8, 4) is 16.9 Å². The Hall–Kier alpha value is -4.32. The molecular weight excluding hydrogens is 378 g/mol. The van der Waals surface area contributed by atoms with E-state index in [9.17, 15) is 14.7 Å². The quantitative estimate of drug-likeness (QED) is 0.387. The van der Waals surface area contributed by atoms with Crippen LogP contribution in [-0.2, 0) is 0 Å². The number of amides is 2. The number of nitrogens with two attached hydrogens (primary N) is 2. The van der Waals surface area contributed by atoms with Crippen LogP contribution in [0.5, 0.6) is 5.75 Å². The van der Waals surface area contributed by atoms with Gasteiger partial charge in [-0.3, -0.25) is 9.59 Å². The summed E-state index contributed by atoms with van der Waals surface area (Å²) >= 11 is 0. The monoisotopic (exact) mass is 397 g/mol. The molecule has 0 radical (unpaired) electrons. The zero-order valence-electron chi connectivity index (χ0n) is 15.9. The van der Waals surface area contributed by atoms with Gasteiger partial charge in [0.15, 0.2) is 0 Å². The molecule has 0 spiro atoms. The van der Waals surface area contributed by atoms with Gasteiger partial charge in [-0.05, 0) is 58.3 Å². The van der Waals surface area contributed by atoms with Crippen molar-refractivity contribution in [2.75, 3.05) is 11.1 Å². The van der Waals surface area contributed by atoms with Crippen molar-refractivity contribution in [2.24, 2.45) is 5.73 Å². The van der Waals surface area contributed by atoms with E-state index >= 15 is 0 Å². The Bertz CT molecular complexity index is 1280. The highest BCUT2D eigenvalue weighted by Gasteiger charge is 2.21. The number of hydrogen-bond donors (Lipinski definition) is 4. The van der Waals surface area contributed by atoms with Crippen LogP contribution in [0.3, 0.4) is 0 Å². The maximum absolute atomic E-state index is 12.8. The van der Waals surface area contributed by atoms with Crippen LogP contribution >= 0.6 is 0 Å². The van der Waals surface area contributed by atoms with Crippen LogP contribution in [0, 0.1) is 0 Å². The van der Waals surface area contributed by atoms with Gasteiger partial charge in [-0.25, -0.2) is 0 Å². The summed E-state index contributed by atoms with van der Waals surface area (Å²) in [5, 5.41) is 14.4. The lowest BCUT2D eigenvalue weighted by atomic mass is 9.94. The number of carbonyl (C=O) groups is 2. The molecule has 4 aromatic carbocycles. The Morgan fingerprint density at radius 3 is 2.27 bits per heavy atom. The number of rotatable bonds is 4. The number of carbonyl (C=O) groups excluding carboxylic acids is 2. The Kier molecular flexibility index (Phi) is 4.82. The lowest BCUT2D eigenvalue weighted by Crippen LogP contribution is -2.16. The van der Waals surface area contributed by atoms with Crippen molar-refractivity contribution in [1.29, 1.82) is 0 Å². The van der Waals surface area contributed by atoms with Gasteiger partial charge in [-0.1, -0.05) is 42.5 Å². The van der Waals surface area contributed by atoms with E-state index in [0.29, 0.717) is 22.1 Å². The number of phenols is 1. The number of aromatic hydroxyl groups is 1. The van der Waals surface area contributed by atoms with Crippen molar-refractivity contribution in [1.82, 2.24) is 0 Å². The van der Waals surface area contributed by atoms with E-state index in [1.807, 2.05) is 36.4 Å². The third-order valence-electron chi connectivity index (χ3n) is 4.86. The Labute approximate surface area is 172 Å². The van der Waals surface area contributed by atoms with Gasteiger partial charge < -0.3 is 21.9 Å². The number of para-hydroxylation sites is 1. The Morgan fingerprint density at radius 1 is 0.833 bits per heavy atom. The van der Waals surface area contributed by atoms with Crippen LogP contribution in [-0.4, -0.2) is 16.9 Å². The minimum absolute atomic E-state index is 0.0371. The first kappa shape index (κ1) is 19.0. The van der Waals surface area contributed by atoms with Crippen LogP contribution in [0.4, 0.5) is 11.4 Å².